The molecule has 1 nitrogen and oxygen atoms in total. The summed E-state index contributed by atoms with van der Waals surface area (Å²) in [5.74, 6) is 0.623. The third-order valence-corrected chi connectivity index (χ3v) is 4.17. The first-order valence-electron chi connectivity index (χ1n) is 5.10. The van der Waals surface area contributed by atoms with Crippen LogP contribution in [0.15, 0.2) is 27.1 Å². The van der Waals surface area contributed by atoms with Gasteiger partial charge < -0.3 is 0 Å². The lowest BCUT2D eigenvalue weighted by molar-refractivity contribution is 1.04. The Morgan fingerprint density at radius 2 is 1.94 bits per heavy atom. The quantitative estimate of drug-likeness (QED) is 0.672. The minimum atomic E-state index is 0.623. The van der Waals surface area contributed by atoms with Crippen LogP contribution in [-0.4, -0.2) is 4.98 Å². The number of fused-ring (bicyclic) bond motifs is 1. The van der Waals surface area contributed by atoms with Gasteiger partial charge in [0.25, 0.3) is 0 Å². The third-order valence-electron chi connectivity index (χ3n) is 2.80. The molecule has 0 atom stereocenters. The molecule has 1 saturated carbocycles. The molecule has 0 aliphatic heterocycles. The van der Waals surface area contributed by atoms with Gasteiger partial charge >= 0.3 is 0 Å². The van der Waals surface area contributed by atoms with Crippen molar-refractivity contribution in [2.24, 2.45) is 0 Å². The molecule has 1 aromatic carbocycles. The molecule has 0 unspecified atom stereocenters. The highest BCUT2D eigenvalue weighted by Crippen LogP contribution is 2.42. The summed E-state index contributed by atoms with van der Waals surface area (Å²) >= 11 is 13.3. The van der Waals surface area contributed by atoms with Crippen molar-refractivity contribution in [1.82, 2.24) is 4.98 Å². The fourth-order valence-corrected chi connectivity index (χ4v) is 3.39. The standard InChI is InChI=1S/C12H8Br2ClN/c13-7-3-8-10(15)5-11(6-1-2-6)16-12(8)9(14)4-7/h3-6H,1-2H2. The summed E-state index contributed by atoms with van der Waals surface area (Å²) < 4.78 is 2.00. The number of nitrogens with zero attached hydrogens (tertiary/aromatic N) is 1. The minimum absolute atomic E-state index is 0.623. The summed E-state index contributed by atoms with van der Waals surface area (Å²) in [6.07, 6.45) is 2.48. The van der Waals surface area contributed by atoms with E-state index < -0.39 is 0 Å². The van der Waals surface area contributed by atoms with Gasteiger partial charge in [-0.2, -0.15) is 0 Å². The highest BCUT2D eigenvalue weighted by Gasteiger charge is 2.26. The predicted octanol–water partition coefficient (Wildman–Crippen LogP) is 5.29. The summed E-state index contributed by atoms with van der Waals surface area (Å²) in [4.78, 5) is 4.69. The van der Waals surface area contributed by atoms with Crippen LogP contribution >= 0.6 is 43.5 Å². The molecule has 1 aromatic heterocycles. The second-order valence-electron chi connectivity index (χ2n) is 4.09. The fraction of sp³-hybridized carbons (Fsp3) is 0.250. The Morgan fingerprint density at radius 3 is 2.62 bits per heavy atom. The molecule has 0 spiro atoms. The lowest BCUT2D eigenvalue weighted by Gasteiger charge is -2.06. The van der Waals surface area contributed by atoms with E-state index >= 15 is 0 Å². The highest BCUT2D eigenvalue weighted by atomic mass is 79.9. The Morgan fingerprint density at radius 1 is 1.19 bits per heavy atom. The SMILES string of the molecule is Clc1cc(C2CC2)nc2c(Br)cc(Br)cc12. The molecule has 0 amide bonds. The number of hydrogen-bond acceptors (Lipinski definition) is 1. The second kappa shape index (κ2) is 3.97. The molecule has 0 saturated heterocycles. The molecule has 1 aliphatic rings. The first kappa shape index (κ1) is 11.0. The Hall–Kier alpha value is -0.120. The molecule has 82 valence electrons. The van der Waals surface area contributed by atoms with Crippen LogP contribution in [-0.2, 0) is 0 Å². The van der Waals surface area contributed by atoms with Gasteiger partial charge in [-0.3, -0.25) is 4.98 Å². The van der Waals surface area contributed by atoms with Crippen LogP contribution in [0.1, 0.15) is 24.5 Å². The van der Waals surface area contributed by atoms with Gasteiger partial charge in [0.05, 0.1) is 10.5 Å². The fourth-order valence-electron chi connectivity index (χ4n) is 1.82. The number of rotatable bonds is 1. The summed E-state index contributed by atoms with van der Waals surface area (Å²) in [5.41, 5.74) is 2.08. The molecule has 0 radical (unpaired) electrons. The van der Waals surface area contributed by atoms with E-state index in [1.54, 1.807) is 0 Å². The van der Waals surface area contributed by atoms with Crippen LogP contribution in [0.25, 0.3) is 10.9 Å². The van der Waals surface area contributed by atoms with Gasteiger partial charge in [-0.25, -0.2) is 0 Å². The van der Waals surface area contributed by atoms with E-state index in [9.17, 15) is 0 Å². The number of hydrogen-bond donors (Lipinski definition) is 0. The van der Waals surface area contributed by atoms with Gasteiger partial charge in [-0.1, -0.05) is 27.5 Å². The molecule has 0 N–H and O–H groups in total. The van der Waals surface area contributed by atoms with Crippen LogP contribution in [0.2, 0.25) is 5.02 Å². The lowest BCUT2D eigenvalue weighted by Crippen LogP contribution is -1.90. The van der Waals surface area contributed by atoms with Gasteiger partial charge in [-0.05, 0) is 47.0 Å². The van der Waals surface area contributed by atoms with Crippen LogP contribution < -0.4 is 0 Å². The van der Waals surface area contributed by atoms with Crippen molar-refractivity contribution in [3.8, 4) is 0 Å². The number of halogens is 3. The van der Waals surface area contributed by atoms with Crippen molar-refractivity contribution in [2.45, 2.75) is 18.8 Å². The van der Waals surface area contributed by atoms with E-state index in [0.29, 0.717) is 5.92 Å². The zero-order valence-electron chi connectivity index (χ0n) is 8.30. The summed E-state index contributed by atoms with van der Waals surface area (Å²) in [6, 6.07) is 6.01. The van der Waals surface area contributed by atoms with Crippen molar-refractivity contribution in [2.75, 3.05) is 0 Å². The van der Waals surface area contributed by atoms with Gasteiger partial charge in [0.2, 0.25) is 0 Å². The van der Waals surface area contributed by atoms with Crippen molar-refractivity contribution in [3.63, 3.8) is 0 Å². The van der Waals surface area contributed by atoms with Gasteiger partial charge in [0.15, 0.2) is 0 Å². The molecule has 1 heterocycles. The first-order valence-corrected chi connectivity index (χ1v) is 7.07. The highest BCUT2D eigenvalue weighted by molar-refractivity contribution is 9.11. The Kier molecular flexibility index (Phi) is 2.73. The number of benzene rings is 1. The predicted molar refractivity (Wildman–Crippen MR) is 74.1 cm³/mol. The van der Waals surface area contributed by atoms with Gasteiger partial charge in [0.1, 0.15) is 0 Å². The average molecular weight is 361 g/mol. The van der Waals surface area contributed by atoms with Crippen molar-refractivity contribution in [3.05, 3.63) is 37.9 Å². The van der Waals surface area contributed by atoms with Crippen LogP contribution in [0.3, 0.4) is 0 Å². The molecule has 2 aromatic rings. The topological polar surface area (TPSA) is 12.9 Å². The van der Waals surface area contributed by atoms with Crippen LogP contribution in [0.5, 0.6) is 0 Å². The van der Waals surface area contributed by atoms with Crippen molar-refractivity contribution < 1.29 is 0 Å². The monoisotopic (exact) mass is 359 g/mol. The molecule has 16 heavy (non-hydrogen) atoms. The number of aromatic nitrogens is 1. The first-order chi connectivity index (χ1) is 7.65. The summed E-state index contributed by atoms with van der Waals surface area (Å²) in [7, 11) is 0. The van der Waals surface area contributed by atoms with Gasteiger partial charge in [-0.15, -0.1) is 0 Å². The van der Waals surface area contributed by atoms with E-state index in [2.05, 4.69) is 36.8 Å². The van der Waals surface area contributed by atoms with E-state index in [1.807, 2.05) is 18.2 Å². The van der Waals surface area contributed by atoms with Crippen molar-refractivity contribution >= 4 is 54.4 Å². The van der Waals surface area contributed by atoms with Crippen LogP contribution in [0.4, 0.5) is 0 Å². The lowest BCUT2D eigenvalue weighted by atomic mass is 10.1. The Balaban J connectivity index is 2.32. The van der Waals surface area contributed by atoms with Gasteiger partial charge in [0, 0.05) is 25.9 Å². The van der Waals surface area contributed by atoms with E-state index in [-0.39, 0.29) is 0 Å². The molecule has 1 aliphatic carbocycles. The minimum Gasteiger partial charge on any atom is -0.251 e. The van der Waals surface area contributed by atoms with E-state index in [0.717, 1.165) is 30.6 Å². The zero-order chi connectivity index (χ0) is 11.3. The summed E-state index contributed by atoms with van der Waals surface area (Å²) in [6.45, 7) is 0. The molecule has 1 fully saturated rings. The Labute approximate surface area is 115 Å². The zero-order valence-corrected chi connectivity index (χ0v) is 12.2. The summed E-state index contributed by atoms with van der Waals surface area (Å²) in [5, 5.41) is 1.78. The van der Waals surface area contributed by atoms with Crippen molar-refractivity contribution in [1.29, 1.82) is 0 Å². The maximum absolute atomic E-state index is 6.30. The van der Waals surface area contributed by atoms with E-state index in [4.69, 9.17) is 11.6 Å². The molecule has 0 bridgehead atoms. The molecule has 3 rings (SSSR count). The smallest absolute Gasteiger partial charge is 0.0863 e. The normalized spacial score (nSPS) is 15.7. The molecular weight excluding hydrogens is 353 g/mol. The Bertz CT molecular complexity index is 579. The third kappa shape index (κ3) is 1.89. The molecular formula is C12H8Br2ClN. The van der Waals surface area contributed by atoms with Crippen LogP contribution in [0, 0.1) is 0 Å². The maximum Gasteiger partial charge on any atom is 0.0863 e. The second-order valence-corrected chi connectivity index (χ2v) is 6.26. The molecule has 4 heteroatoms. The average Bonchev–Trinajstić information content (AvgIpc) is 3.02. The van der Waals surface area contributed by atoms with E-state index in [1.165, 1.54) is 12.8 Å². The maximum atomic E-state index is 6.30. The largest absolute Gasteiger partial charge is 0.251 e. The number of pyridine rings is 1.